The van der Waals surface area contributed by atoms with Crippen molar-refractivity contribution < 1.29 is 0 Å². The van der Waals surface area contributed by atoms with E-state index in [1.807, 2.05) is 6.92 Å². The Morgan fingerprint density at radius 2 is 2.05 bits per heavy atom. The van der Waals surface area contributed by atoms with E-state index >= 15 is 0 Å². The van der Waals surface area contributed by atoms with Crippen molar-refractivity contribution in [2.75, 3.05) is 12.4 Å². The predicted molar refractivity (Wildman–Crippen MR) is 71.3 cm³/mol. The number of nitrogens with one attached hydrogen (secondary N) is 1. The lowest BCUT2D eigenvalue weighted by molar-refractivity contribution is 0.593. The zero-order chi connectivity index (χ0) is 13.8. The van der Waals surface area contributed by atoms with Gasteiger partial charge in [0.2, 0.25) is 0 Å². The van der Waals surface area contributed by atoms with Crippen LogP contribution in [0.15, 0.2) is 34.2 Å². The van der Waals surface area contributed by atoms with E-state index in [2.05, 4.69) is 15.3 Å². The molecule has 0 aromatic carbocycles. The highest BCUT2D eigenvalue weighted by Gasteiger charge is 2.06. The molecule has 19 heavy (non-hydrogen) atoms. The molecule has 2 aromatic rings. The van der Waals surface area contributed by atoms with Crippen LogP contribution >= 0.6 is 0 Å². The number of nitrogens with zero attached hydrogens (tertiary/aromatic N) is 4. The van der Waals surface area contributed by atoms with Crippen LogP contribution in [0, 0.1) is 0 Å². The van der Waals surface area contributed by atoms with Crippen molar-refractivity contribution in [1.29, 1.82) is 0 Å². The van der Waals surface area contributed by atoms with Gasteiger partial charge in [0.25, 0.3) is 5.56 Å². The lowest BCUT2D eigenvalue weighted by Crippen LogP contribution is -2.39. The quantitative estimate of drug-likeness (QED) is 0.831. The fraction of sp³-hybridized carbons (Fsp3) is 0.333. The summed E-state index contributed by atoms with van der Waals surface area (Å²) in [4.78, 5) is 32.0. The highest BCUT2D eigenvalue weighted by atomic mass is 16.2. The molecule has 7 nitrogen and oxygen atoms in total. The molecule has 2 rings (SSSR count). The van der Waals surface area contributed by atoms with Crippen molar-refractivity contribution in [3.05, 3.63) is 51.2 Å². The molecule has 2 heterocycles. The number of rotatable bonds is 4. The molecule has 0 bridgehead atoms. The molecule has 0 saturated heterocycles. The maximum atomic E-state index is 12.0. The fourth-order valence-corrected chi connectivity index (χ4v) is 1.67. The Bertz CT molecular complexity index is 672. The fourth-order valence-electron chi connectivity index (χ4n) is 1.67. The second-order valence-corrected chi connectivity index (χ2v) is 3.95. The summed E-state index contributed by atoms with van der Waals surface area (Å²) in [5.74, 6) is 0.634. The number of anilines is 1. The van der Waals surface area contributed by atoms with Gasteiger partial charge in [-0.3, -0.25) is 14.3 Å². The molecule has 0 aliphatic carbocycles. The van der Waals surface area contributed by atoms with Crippen LogP contribution in [0.1, 0.15) is 12.6 Å². The standard InChI is InChI=1S/C12H15N5O2/c1-3-16-5-4-11(18)17(12(16)19)8-9-6-15-10(13-2)7-14-9/h4-7H,3,8H2,1-2H3,(H,13,15). The van der Waals surface area contributed by atoms with Crippen LogP contribution in [-0.4, -0.2) is 26.1 Å². The SMILES string of the molecule is CCn1ccc(=O)n(Cc2cnc(NC)cn2)c1=O. The van der Waals surface area contributed by atoms with Gasteiger partial charge in [0.1, 0.15) is 5.82 Å². The number of aromatic nitrogens is 4. The van der Waals surface area contributed by atoms with Crippen LogP contribution in [-0.2, 0) is 13.1 Å². The molecule has 0 aliphatic heterocycles. The van der Waals surface area contributed by atoms with Crippen LogP contribution in [0.5, 0.6) is 0 Å². The van der Waals surface area contributed by atoms with Gasteiger partial charge in [-0.15, -0.1) is 0 Å². The van der Waals surface area contributed by atoms with Gasteiger partial charge in [0.15, 0.2) is 0 Å². The van der Waals surface area contributed by atoms with E-state index in [0.717, 1.165) is 4.57 Å². The Hall–Kier alpha value is -2.44. The first-order valence-electron chi connectivity index (χ1n) is 5.94. The van der Waals surface area contributed by atoms with E-state index in [1.54, 1.807) is 19.4 Å². The Morgan fingerprint density at radius 1 is 1.26 bits per heavy atom. The molecule has 0 atom stereocenters. The van der Waals surface area contributed by atoms with Gasteiger partial charge < -0.3 is 9.88 Å². The van der Waals surface area contributed by atoms with E-state index in [0.29, 0.717) is 18.1 Å². The molecule has 7 heteroatoms. The average Bonchev–Trinajstić information content (AvgIpc) is 2.44. The van der Waals surface area contributed by atoms with Gasteiger partial charge in [-0.2, -0.15) is 0 Å². The molecule has 0 radical (unpaired) electrons. The smallest absolute Gasteiger partial charge is 0.331 e. The van der Waals surface area contributed by atoms with Gasteiger partial charge in [0.05, 0.1) is 24.6 Å². The Kier molecular flexibility index (Phi) is 3.74. The zero-order valence-corrected chi connectivity index (χ0v) is 10.8. The molecular weight excluding hydrogens is 246 g/mol. The summed E-state index contributed by atoms with van der Waals surface area (Å²) in [5, 5.41) is 2.85. The molecule has 0 fully saturated rings. The zero-order valence-electron chi connectivity index (χ0n) is 10.8. The molecule has 1 N–H and O–H groups in total. The second kappa shape index (κ2) is 5.47. The minimum atomic E-state index is -0.339. The normalized spacial score (nSPS) is 10.4. The summed E-state index contributed by atoms with van der Waals surface area (Å²) in [5.41, 5.74) is -0.115. The van der Waals surface area contributed by atoms with E-state index in [9.17, 15) is 9.59 Å². The second-order valence-electron chi connectivity index (χ2n) is 3.95. The maximum Gasteiger partial charge on any atom is 0.331 e. The third kappa shape index (κ3) is 2.70. The summed E-state index contributed by atoms with van der Waals surface area (Å²) in [6, 6.07) is 1.38. The topological polar surface area (TPSA) is 81.8 Å². The molecule has 0 saturated carbocycles. The predicted octanol–water partition coefficient (Wildman–Crippen LogP) is -0.0901. The minimum Gasteiger partial charge on any atom is -0.372 e. The van der Waals surface area contributed by atoms with E-state index in [4.69, 9.17) is 0 Å². The van der Waals surface area contributed by atoms with Crippen LogP contribution in [0.25, 0.3) is 0 Å². The number of hydrogen-bond donors (Lipinski definition) is 1. The van der Waals surface area contributed by atoms with Gasteiger partial charge >= 0.3 is 5.69 Å². The van der Waals surface area contributed by atoms with Gasteiger partial charge in [0, 0.05) is 25.9 Å². The molecule has 2 aromatic heterocycles. The molecule has 0 spiro atoms. The van der Waals surface area contributed by atoms with Crippen molar-refractivity contribution >= 4 is 5.82 Å². The first-order valence-corrected chi connectivity index (χ1v) is 5.94. The number of aryl methyl sites for hydroxylation is 1. The van der Waals surface area contributed by atoms with Crippen molar-refractivity contribution in [3.8, 4) is 0 Å². The Labute approximate surface area is 109 Å². The van der Waals surface area contributed by atoms with Crippen LogP contribution in [0.4, 0.5) is 5.82 Å². The molecule has 0 aliphatic rings. The maximum absolute atomic E-state index is 12.0. The lowest BCUT2D eigenvalue weighted by Gasteiger charge is -2.07. The van der Waals surface area contributed by atoms with Gasteiger partial charge in [-0.1, -0.05) is 0 Å². The van der Waals surface area contributed by atoms with Crippen molar-refractivity contribution in [3.63, 3.8) is 0 Å². The third-order valence-electron chi connectivity index (χ3n) is 2.76. The highest BCUT2D eigenvalue weighted by Crippen LogP contribution is 1.99. The van der Waals surface area contributed by atoms with Crippen LogP contribution in [0.3, 0.4) is 0 Å². The summed E-state index contributed by atoms with van der Waals surface area (Å²) >= 11 is 0. The first-order chi connectivity index (χ1) is 9.15. The molecule has 0 amide bonds. The van der Waals surface area contributed by atoms with Crippen molar-refractivity contribution in [2.45, 2.75) is 20.0 Å². The Balaban J connectivity index is 2.37. The minimum absolute atomic E-state index is 0.121. The lowest BCUT2D eigenvalue weighted by atomic mass is 10.4. The highest BCUT2D eigenvalue weighted by molar-refractivity contribution is 5.29. The molecular formula is C12H15N5O2. The average molecular weight is 261 g/mol. The first kappa shape index (κ1) is 13.0. The van der Waals surface area contributed by atoms with Crippen LogP contribution < -0.4 is 16.6 Å². The monoisotopic (exact) mass is 261 g/mol. The van der Waals surface area contributed by atoms with Crippen molar-refractivity contribution in [2.24, 2.45) is 0 Å². The summed E-state index contributed by atoms with van der Waals surface area (Å²) in [7, 11) is 1.74. The summed E-state index contributed by atoms with van der Waals surface area (Å²) in [6.45, 7) is 2.48. The summed E-state index contributed by atoms with van der Waals surface area (Å²) < 4.78 is 2.61. The largest absolute Gasteiger partial charge is 0.372 e. The van der Waals surface area contributed by atoms with Gasteiger partial charge in [-0.05, 0) is 6.92 Å². The van der Waals surface area contributed by atoms with E-state index < -0.39 is 0 Å². The summed E-state index contributed by atoms with van der Waals surface area (Å²) in [6.07, 6.45) is 4.60. The molecule has 0 unspecified atom stereocenters. The third-order valence-corrected chi connectivity index (χ3v) is 2.76. The van der Waals surface area contributed by atoms with Crippen LogP contribution in [0.2, 0.25) is 0 Å². The van der Waals surface area contributed by atoms with Crippen molar-refractivity contribution in [1.82, 2.24) is 19.1 Å². The van der Waals surface area contributed by atoms with E-state index in [1.165, 1.54) is 16.8 Å². The Morgan fingerprint density at radius 3 is 2.63 bits per heavy atom. The number of hydrogen-bond acceptors (Lipinski definition) is 5. The molecule has 100 valence electrons. The van der Waals surface area contributed by atoms with Gasteiger partial charge in [-0.25, -0.2) is 9.78 Å². The van der Waals surface area contributed by atoms with E-state index in [-0.39, 0.29) is 17.8 Å².